The lowest BCUT2D eigenvalue weighted by molar-refractivity contribution is 0.404. The third-order valence-electron chi connectivity index (χ3n) is 5.32. The lowest BCUT2D eigenvalue weighted by Gasteiger charge is -2.36. The summed E-state index contributed by atoms with van der Waals surface area (Å²) in [6.45, 7) is 0. The van der Waals surface area contributed by atoms with Crippen LogP contribution in [-0.2, 0) is 0 Å². The van der Waals surface area contributed by atoms with Gasteiger partial charge in [0.2, 0.25) is 0 Å². The van der Waals surface area contributed by atoms with Gasteiger partial charge in [0.25, 0.3) is 0 Å². The van der Waals surface area contributed by atoms with Crippen molar-refractivity contribution in [1.29, 1.82) is 0 Å². The van der Waals surface area contributed by atoms with Crippen LogP contribution < -0.4 is 20.1 Å². The van der Waals surface area contributed by atoms with Crippen LogP contribution in [-0.4, -0.2) is 19.3 Å². The zero-order valence-electron chi connectivity index (χ0n) is 16.1. The predicted octanol–water partition coefficient (Wildman–Crippen LogP) is 4.74. The van der Waals surface area contributed by atoms with Crippen molar-refractivity contribution >= 4 is 23.4 Å². The molecule has 0 radical (unpaired) electrons. The van der Waals surface area contributed by atoms with Crippen molar-refractivity contribution in [2.45, 2.75) is 25.3 Å². The predicted molar refractivity (Wildman–Crippen MR) is 116 cm³/mol. The molecule has 144 valence electrons. The van der Waals surface area contributed by atoms with Crippen LogP contribution in [0.25, 0.3) is 6.08 Å². The summed E-state index contributed by atoms with van der Waals surface area (Å²) in [7, 11) is 3.42. The fraction of sp³-hybridized carbons (Fsp3) is 0.261. The van der Waals surface area contributed by atoms with Crippen molar-refractivity contribution in [1.82, 2.24) is 10.6 Å². The fourth-order valence-electron chi connectivity index (χ4n) is 4.03. The van der Waals surface area contributed by atoms with Crippen molar-refractivity contribution < 1.29 is 9.47 Å². The maximum Gasteiger partial charge on any atom is 0.171 e. The average molecular weight is 393 g/mol. The molecule has 0 unspecified atom stereocenters. The molecule has 2 aromatic rings. The van der Waals surface area contributed by atoms with E-state index >= 15 is 0 Å². The molecule has 0 aromatic heterocycles. The van der Waals surface area contributed by atoms with Crippen LogP contribution in [0.2, 0.25) is 0 Å². The van der Waals surface area contributed by atoms with Gasteiger partial charge in [-0.1, -0.05) is 36.4 Å². The summed E-state index contributed by atoms with van der Waals surface area (Å²) in [4.78, 5) is 0. The van der Waals surface area contributed by atoms with Gasteiger partial charge in [-0.05, 0) is 60.8 Å². The van der Waals surface area contributed by atoms with Crippen molar-refractivity contribution in [3.63, 3.8) is 0 Å². The highest BCUT2D eigenvalue weighted by Crippen LogP contribution is 2.41. The summed E-state index contributed by atoms with van der Waals surface area (Å²) in [5.41, 5.74) is 5.91. The van der Waals surface area contributed by atoms with E-state index < -0.39 is 0 Å². The van der Waals surface area contributed by atoms with Crippen LogP contribution in [0.15, 0.2) is 65.4 Å². The van der Waals surface area contributed by atoms with Gasteiger partial charge < -0.3 is 20.1 Å². The molecular formula is C23H24N2O2S. The normalized spacial score (nSPS) is 20.3. The Balaban J connectivity index is 1.81. The first kappa shape index (κ1) is 18.6. The van der Waals surface area contributed by atoms with Crippen LogP contribution in [0.1, 0.15) is 36.4 Å². The number of nitrogens with one attached hydrogen (secondary N) is 2. The van der Waals surface area contributed by atoms with Crippen molar-refractivity contribution in [3.05, 3.63) is 76.5 Å². The number of thiocarbonyl (C=S) groups is 1. The Kier molecular flexibility index (Phi) is 5.35. The van der Waals surface area contributed by atoms with E-state index in [0.29, 0.717) is 5.11 Å². The number of para-hydroxylation sites is 2. The lowest BCUT2D eigenvalue weighted by Crippen LogP contribution is -2.45. The van der Waals surface area contributed by atoms with Crippen molar-refractivity contribution in [3.8, 4) is 11.5 Å². The van der Waals surface area contributed by atoms with Crippen molar-refractivity contribution in [2.24, 2.45) is 0 Å². The Morgan fingerprint density at radius 3 is 2.46 bits per heavy atom. The van der Waals surface area contributed by atoms with Crippen LogP contribution in [0, 0.1) is 0 Å². The van der Waals surface area contributed by atoms with Gasteiger partial charge in [0.1, 0.15) is 11.5 Å². The Labute approximate surface area is 171 Å². The van der Waals surface area contributed by atoms with E-state index in [1.165, 1.54) is 11.1 Å². The largest absolute Gasteiger partial charge is 0.496 e. The van der Waals surface area contributed by atoms with Gasteiger partial charge in [-0.2, -0.15) is 0 Å². The molecule has 0 bridgehead atoms. The van der Waals surface area contributed by atoms with Crippen LogP contribution in [0.3, 0.4) is 0 Å². The first-order chi connectivity index (χ1) is 13.7. The molecule has 0 saturated heterocycles. The second kappa shape index (κ2) is 8.07. The topological polar surface area (TPSA) is 42.5 Å². The molecule has 1 heterocycles. The monoisotopic (exact) mass is 392 g/mol. The molecule has 2 aromatic carbocycles. The van der Waals surface area contributed by atoms with E-state index in [2.05, 4.69) is 28.8 Å². The molecule has 4 nitrogen and oxygen atoms in total. The first-order valence-corrected chi connectivity index (χ1v) is 9.89. The molecule has 0 fully saturated rings. The number of ether oxygens (including phenoxy) is 2. The summed E-state index contributed by atoms with van der Waals surface area (Å²) in [5.74, 6) is 1.75. The minimum Gasteiger partial charge on any atom is -0.496 e. The number of allylic oxidation sites excluding steroid dienone is 1. The van der Waals surface area contributed by atoms with E-state index in [1.807, 2.05) is 36.4 Å². The third kappa shape index (κ3) is 3.50. The molecule has 4 rings (SSSR count). The van der Waals surface area contributed by atoms with E-state index in [-0.39, 0.29) is 6.04 Å². The molecule has 0 saturated carbocycles. The summed E-state index contributed by atoms with van der Waals surface area (Å²) in [5, 5.41) is 7.50. The van der Waals surface area contributed by atoms with Gasteiger partial charge in [0.05, 0.1) is 20.3 Å². The molecule has 1 aliphatic heterocycles. The number of benzene rings is 2. The Morgan fingerprint density at radius 2 is 1.68 bits per heavy atom. The summed E-state index contributed by atoms with van der Waals surface area (Å²) < 4.78 is 11.1. The second-order valence-electron chi connectivity index (χ2n) is 6.94. The highest BCUT2D eigenvalue weighted by Gasteiger charge is 2.31. The van der Waals surface area contributed by atoms with Crippen molar-refractivity contribution in [2.75, 3.05) is 14.2 Å². The highest BCUT2D eigenvalue weighted by atomic mass is 32.1. The zero-order chi connectivity index (χ0) is 19.5. The Morgan fingerprint density at radius 1 is 0.964 bits per heavy atom. The van der Waals surface area contributed by atoms with Gasteiger partial charge in [0.15, 0.2) is 5.11 Å². The molecule has 28 heavy (non-hydrogen) atoms. The number of rotatable bonds is 4. The number of hydrogen-bond acceptors (Lipinski definition) is 3. The SMILES string of the molecule is COc1ccccc1C=C1CCCC2=C1NC(=S)N[C@H]2c1ccccc1OC. The quantitative estimate of drug-likeness (QED) is 0.736. The van der Waals surface area contributed by atoms with Gasteiger partial charge in [-0.3, -0.25) is 0 Å². The second-order valence-corrected chi connectivity index (χ2v) is 7.35. The maximum absolute atomic E-state index is 5.61. The highest BCUT2D eigenvalue weighted by molar-refractivity contribution is 7.80. The standard InChI is InChI=1S/C23H24N2O2S/c1-26-19-12-5-3-8-15(19)14-16-9-7-11-18-21(16)24-23(28)25-22(18)17-10-4-6-13-20(17)27-2/h3-6,8,10,12-14,22H,7,9,11H2,1-2H3,(H2,24,25,28)/t22-/m0/s1. The number of methoxy groups -OCH3 is 2. The van der Waals surface area contributed by atoms with Crippen LogP contribution >= 0.6 is 12.2 Å². The Hall–Kier alpha value is -2.79. The third-order valence-corrected chi connectivity index (χ3v) is 5.54. The summed E-state index contributed by atoms with van der Waals surface area (Å²) in [6, 6.07) is 16.2. The van der Waals surface area contributed by atoms with E-state index in [1.54, 1.807) is 14.2 Å². The molecule has 2 N–H and O–H groups in total. The molecule has 0 spiro atoms. The minimum atomic E-state index is 0.0151. The molecule has 0 amide bonds. The van der Waals surface area contributed by atoms with Gasteiger partial charge in [0, 0.05) is 16.8 Å². The average Bonchev–Trinajstić information content (AvgIpc) is 2.74. The van der Waals surface area contributed by atoms with Crippen LogP contribution in [0.4, 0.5) is 0 Å². The van der Waals surface area contributed by atoms with Gasteiger partial charge >= 0.3 is 0 Å². The maximum atomic E-state index is 5.61. The number of hydrogen-bond donors (Lipinski definition) is 2. The van der Waals surface area contributed by atoms with Crippen LogP contribution in [0.5, 0.6) is 11.5 Å². The molecular weight excluding hydrogens is 368 g/mol. The molecule has 2 aliphatic rings. The summed E-state index contributed by atoms with van der Waals surface area (Å²) in [6.07, 6.45) is 5.34. The molecule has 1 atom stereocenters. The minimum absolute atomic E-state index is 0.0151. The van der Waals surface area contributed by atoms with Gasteiger partial charge in [-0.15, -0.1) is 0 Å². The summed E-state index contributed by atoms with van der Waals surface area (Å²) >= 11 is 5.55. The zero-order valence-corrected chi connectivity index (χ0v) is 16.9. The lowest BCUT2D eigenvalue weighted by atomic mass is 9.83. The molecule has 5 heteroatoms. The van der Waals surface area contributed by atoms with E-state index in [4.69, 9.17) is 21.7 Å². The fourth-order valence-corrected chi connectivity index (χ4v) is 4.25. The van der Waals surface area contributed by atoms with Gasteiger partial charge in [-0.25, -0.2) is 0 Å². The Bertz CT molecular complexity index is 965. The molecule has 1 aliphatic carbocycles. The van der Waals surface area contributed by atoms with E-state index in [0.717, 1.165) is 47.6 Å². The van der Waals surface area contributed by atoms with E-state index in [9.17, 15) is 0 Å². The first-order valence-electron chi connectivity index (χ1n) is 9.48. The smallest absolute Gasteiger partial charge is 0.171 e.